The van der Waals surface area contributed by atoms with Gasteiger partial charge in [0.05, 0.1) is 11.4 Å². The van der Waals surface area contributed by atoms with Crippen molar-refractivity contribution in [3.8, 4) is 22.5 Å². The minimum atomic E-state index is 0.103. The molecule has 1 aliphatic heterocycles. The van der Waals surface area contributed by atoms with Crippen molar-refractivity contribution in [1.29, 1.82) is 0 Å². The van der Waals surface area contributed by atoms with Crippen molar-refractivity contribution in [2.24, 2.45) is 7.05 Å². The van der Waals surface area contributed by atoms with Crippen LogP contribution in [0.1, 0.15) is 23.9 Å². The summed E-state index contributed by atoms with van der Waals surface area (Å²) in [6.45, 7) is 4.95. The van der Waals surface area contributed by atoms with Crippen LogP contribution in [0, 0.1) is 6.92 Å². The van der Waals surface area contributed by atoms with Gasteiger partial charge in [-0.1, -0.05) is 18.2 Å². The molecule has 3 aromatic heterocycles. The quantitative estimate of drug-likeness (QED) is 0.514. The Morgan fingerprint density at radius 1 is 1.10 bits per heavy atom. The largest absolute Gasteiger partial charge is 0.338 e. The number of fused-ring (bicyclic) bond motifs is 2. The lowest BCUT2D eigenvalue weighted by Gasteiger charge is -2.26. The Bertz CT molecular complexity index is 1270. The molecule has 6 nitrogen and oxygen atoms in total. The number of amides is 1. The highest BCUT2D eigenvalue weighted by atomic mass is 16.2. The summed E-state index contributed by atoms with van der Waals surface area (Å²) in [7, 11) is 1.98. The highest BCUT2D eigenvalue weighted by Crippen LogP contribution is 2.35. The van der Waals surface area contributed by atoms with E-state index in [1.807, 2.05) is 48.1 Å². The fourth-order valence-electron chi connectivity index (χ4n) is 4.23. The molecule has 1 amide bonds. The minimum Gasteiger partial charge on any atom is -0.338 e. The lowest BCUT2D eigenvalue weighted by atomic mass is 9.97. The maximum absolute atomic E-state index is 12.0. The zero-order valence-corrected chi connectivity index (χ0v) is 17.4. The van der Waals surface area contributed by atoms with Crippen LogP contribution in [-0.2, 0) is 24.8 Å². The molecule has 0 saturated heterocycles. The average Bonchev–Trinajstić information content (AvgIpc) is 3.09. The number of hydrogen-bond donors (Lipinski definition) is 0. The van der Waals surface area contributed by atoms with E-state index in [0.717, 1.165) is 57.5 Å². The van der Waals surface area contributed by atoms with Crippen molar-refractivity contribution < 1.29 is 4.79 Å². The Hall–Kier alpha value is -3.54. The lowest BCUT2D eigenvalue weighted by Crippen LogP contribution is -2.34. The van der Waals surface area contributed by atoms with Crippen LogP contribution in [-0.4, -0.2) is 37.1 Å². The first-order valence-corrected chi connectivity index (χ1v) is 10.1. The van der Waals surface area contributed by atoms with Gasteiger partial charge in [0.2, 0.25) is 5.91 Å². The zero-order chi connectivity index (χ0) is 20.8. The van der Waals surface area contributed by atoms with Gasteiger partial charge >= 0.3 is 0 Å². The predicted octanol–water partition coefficient (Wildman–Crippen LogP) is 3.91. The number of carbonyl (C=O) groups excluding carboxylic acids is 1. The van der Waals surface area contributed by atoms with Crippen molar-refractivity contribution >= 4 is 16.7 Å². The van der Waals surface area contributed by atoms with Gasteiger partial charge in [-0.3, -0.25) is 19.4 Å². The van der Waals surface area contributed by atoms with Crippen LogP contribution in [0.3, 0.4) is 0 Å². The molecule has 0 aliphatic carbocycles. The summed E-state index contributed by atoms with van der Waals surface area (Å²) in [6.07, 6.45) is 4.61. The van der Waals surface area contributed by atoms with Gasteiger partial charge in [0.25, 0.3) is 0 Å². The molecule has 0 atom stereocenters. The van der Waals surface area contributed by atoms with Crippen LogP contribution in [0.5, 0.6) is 0 Å². The Balaban J connectivity index is 1.62. The molecule has 4 heterocycles. The highest BCUT2D eigenvalue weighted by Gasteiger charge is 2.26. The summed E-state index contributed by atoms with van der Waals surface area (Å²) >= 11 is 0. The number of hydrogen-bond acceptors (Lipinski definition) is 4. The van der Waals surface area contributed by atoms with Gasteiger partial charge in [-0.05, 0) is 30.5 Å². The SMILES string of the molecule is CC(=O)N1CCc2c(c(-c3cccc4cc(-c5ccc(C)nc5)ncc34)nn2C)C1. The maximum atomic E-state index is 12.0. The molecule has 4 aromatic rings. The van der Waals surface area contributed by atoms with E-state index >= 15 is 0 Å². The normalized spacial score (nSPS) is 13.5. The van der Waals surface area contributed by atoms with Gasteiger partial charge in [0.15, 0.2) is 0 Å². The summed E-state index contributed by atoms with van der Waals surface area (Å²) in [5, 5.41) is 7.00. The van der Waals surface area contributed by atoms with Gasteiger partial charge in [-0.25, -0.2) is 0 Å². The molecule has 150 valence electrons. The van der Waals surface area contributed by atoms with Crippen LogP contribution in [0.15, 0.2) is 48.8 Å². The van der Waals surface area contributed by atoms with Crippen molar-refractivity contribution in [2.45, 2.75) is 26.8 Å². The first-order valence-electron chi connectivity index (χ1n) is 10.1. The molecule has 5 rings (SSSR count). The molecule has 0 N–H and O–H groups in total. The van der Waals surface area contributed by atoms with E-state index in [-0.39, 0.29) is 5.91 Å². The van der Waals surface area contributed by atoms with E-state index in [1.54, 1.807) is 6.92 Å². The molecule has 6 heteroatoms. The van der Waals surface area contributed by atoms with Crippen LogP contribution in [0.25, 0.3) is 33.3 Å². The van der Waals surface area contributed by atoms with Gasteiger partial charge < -0.3 is 4.90 Å². The van der Waals surface area contributed by atoms with E-state index in [0.29, 0.717) is 6.54 Å². The Labute approximate surface area is 175 Å². The van der Waals surface area contributed by atoms with Crippen LogP contribution >= 0.6 is 0 Å². The first-order chi connectivity index (χ1) is 14.5. The summed E-state index contributed by atoms with van der Waals surface area (Å²) in [6, 6.07) is 12.4. The predicted molar refractivity (Wildman–Crippen MR) is 117 cm³/mol. The fourth-order valence-corrected chi connectivity index (χ4v) is 4.23. The molecule has 0 saturated carbocycles. The third-order valence-electron chi connectivity index (χ3n) is 5.91. The van der Waals surface area contributed by atoms with Crippen LogP contribution in [0.2, 0.25) is 0 Å². The Morgan fingerprint density at radius 3 is 2.73 bits per heavy atom. The average molecular weight is 397 g/mol. The molecular weight excluding hydrogens is 374 g/mol. The monoisotopic (exact) mass is 397 g/mol. The molecule has 30 heavy (non-hydrogen) atoms. The molecule has 0 bridgehead atoms. The minimum absolute atomic E-state index is 0.103. The van der Waals surface area contributed by atoms with Crippen LogP contribution < -0.4 is 0 Å². The number of nitrogens with zero attached hydrogens (tertiary/aromatic N) is 5. The third kappa shape index (κ3) is 3.05. The second-order valence-corrected chi connectivity index (χ2v) is 7.87. The summed E-state index contributed by atoms with van der Waals surface area (Å²) in [5.41, 5.74) is 7.22. The van der Waals surface area contributed by atoms with Gasteiger partial charge in [-0.2, -0.15) is 5.10 Å². The smallest absolute Gasteiger partial charge is 0.219 e. The number of aromatic nitrogens is 4. The van der Waals surface area contributed by atoms with Gasteiger partial charge in [0.1, 0.15) is 0 Å². The maximum Gasteiger partial charge on any atom is 0.219 e. The molecule has 0 radical (unpaired) electrons. The number of aryl methyl sites for hydroxylation is 2. The van der Waals surface area contributed by atoms with Gasteiger partial charge in [0, 0.05) is 79.3 Å². The Morgan fingerprint density at radius 2 is 1.97 bits per heavy atom. The molecule has 0 spiro atoms. The van der Waals surface area contributed by atoms with E-state index < -0.39 is 0 Å². The topological polar surface area (TPSA) is 63.9 Å². The second kappa shape index (κ2) is 7.06. The molecule has 0 unspecified atom stereocenters. The van der Waals surface area contributed by atoms with E-state index in [4.69, 9.17) is 10.1 Å². The standard InChI is InChI=1S/C24H23N5O/c1-15-7-8-18(12-25-15)22-11-17-5-4-6-19(20(17)13-26-22)24-21-14-29(16(2)30)10-9-23(21)28(3)27-24/h4-8,11-13H,9-10,14H2,1-3H3. The zero-order valence-electron chi connectivity index (χ0n) is 17.4. The molecule has 1 aromatic carbocycles. The number of benzene rings is 1. The Kier molecular flexibility index (Phi) is 4.35. The highest BCUT2D eigenvalue weighted by molar-refractivity contribution is 5.97. The summed E-state index contributed by atoms with van der Waals surface area (Å²) in [4.78, 5) is 22.9. The number of pyridine rings is 2. The van der Waals surface area contributed by atoms with E-state index in [2.05, 4.69) is 29.2 Å². The van der Waals surface area contributed by atoms with Crippen molar-refractivity contribution in [1.82, 2.24) is 24.6 Å². The van der Waals surface area contributed by atoms with E-state index in [1.165, 1.54) is 5.69 Å². The number of carbonyl (C=O) groups is 1. The lowest BCUT2D eigenvalue weighted by molar-refractivity contribution is -0.129. The van der Waals surface area contributed by atoms with Crippen molar-refractivity contribution in [3.05, 3.63) is 65.7 Å². The molecular formula is C24H23N5O. The van der Waals surface area contributed by atoms with E-state index in [9.17, 15) is 4.79 Å². The third-order valence-corrected chi connectivity index (χ3v) is 5.91. The van der Waals surface area contributed by atoms with Crippen molar-refractivity contribution in [3.63, 3.8) is 0 Å². The fraction of sp³-hybridized carbons (Fsp3) is 0.250. The first kappa shape index (κ1) is 18.5. The van der Waals surface area contributed by atoms with Crippen molar-refractivity contribution in [2.75, 3.05) is 6.54 Å². The summed E-state index contributed by atoms with van der Waals surface area (Å²) in [5.74, 6) is 0.103. The second-order valence-electron chi connectivity index (χ2n) is 7.87. The molecule has 0 fully saturated rings. The van der Waals surface area contributed by atoms with Crippen LogP contribution in [0.4, 0.5) is 0 Å². The number of rotatable bonds is 2. The summed E-state index contributed by atoms with van der Waals surface area (Å²) < 4.78 is 1.96. The van der Waals surface area contributed by atoms with Gasteiger partial charge in [-0.15, -0.1) is 0 Å². The molecule has 1 aliphatic rings.